The lowest BCUT2D eigenvalue weighted by Gasteiger charge is -2.15. The third kappa shape index (κ3) is 6.56. The van der Waals surface area contributed by atoms with Crippen molar-refractivity contribution in [1.29, 1.82) is 0 Å². The normalized spacial score (nSPS) is 11.1. The molecule has 118 valence electrons. The van der Waals surface area contributed by atoms with Crippen LogP contribution < -0.4 is 11.1 Å². The van der Waals surface area contributed by atoms with Crippen LogP contribution in [-0.4, -0.2) is 30.6 Å². The Hall–Kier alpha value is -2.83. The Labute approximate surface area is 128 Å². The van der Waals surface area contributed by atoms with Crippen LogP contribution in [0.4, 0.5) is 4.79 Å². The fraction of sp³-hybridized carbons (Fsp3) is 0.267. The third-order valence-electron chi connectivity index (χ3n) is 2.54. The highest BCUT2D eigenvalue weighted by Crippen LogP contribution is 2.02. The van der Waals surface area contributed by atoms with Crippen LogP contribution in [0.5, 0.6) is 0 Å². The quantitative estimate of drug-likeness (QED) is 0.547. The molecule has 0 spiro atoms. The van der Waals surface area contributed by atoms with Crippen LogP contribution in [0.3, 0.4) is 0 Å². The van der Waals surface area contributed by atoms with Gasteiger partial charge in [0.05, 0.1) is 6.42 Å². The van der Waals surface area contributed by atoms with E-state index < -0.39 is 24.0 Å². The van der Waals surface area contributed by atoms with E-state index in [0.29, 0.717) is 0 Å². The summed E-state index contributed by atoms with van der Waals surface area (Å²) < 4.78 is 9.75. The molecule has 2 amide bonds. The van der Waals surface area contributed by atoms with Crippen molar-refractivity contribution in [3.8, 4) is 0 Å². The number of rotatable bonds is 8. The van der Waals surface area contributed by atoms with Gasteiger partial charge in [-0.2, -0.15) is 0 Å². The Kier molecular flexibility index (Phi) is 7.18. The van der Waals surface area contributed by atoms with Gasteiger partial charge in [0.1, 0.15) is 19.3 Å². The van der Waals surface area contributed by atoms with Gasteiger partial charge in [-0.15, -0.1) is 0 Å². The third-order valence-corrected chi connectivity index (χ3v) is 2.54. The number of amides is 2. The molecule has 0 aliphatic heterocycles. The maximum Gasteiger partial charge on any atom is 0.408 e. The predicted octanol–water partition coefficient (Wildman–Crippen LogP) is 0.886. The molecule has 3 N–H and O–H groups in total. The monoisotopic (exact) mass is 306 g/mol. The molecule has 0 heterocycles. The standard InChI is InChI=1S/C15H18N2O5/c1-2-8-21-14(19)12(9-13(16)18)17-15(20)22-10-11-6-4-3-5-7-11/h2-7,12H,1,8-10H2,(H2,16,18)(H,17,20)/t12-/m0/s1. The Balaban J connectivity index is 2.52. The van der Waals surface area contributed by atoms with E-state index in [1.807, 2.05) is 6.07 Å². The highest BCUT2D eigenvalue weighted by atomic mass is 16.6. The summed E-state index contributed by atoms with van der Waals surface area (Å²) in [6.45, 7) is 3.40. The first-order chi connectivity index (χ1) is 10.5. The number of ether oxygens (including phenoxy) is 2. The van der Waals surface area contributed by atoms with E-state index in [1.165, 1.54) is 6.08 Å². The molecule has 1 rings (SSSR count). The van der Waals surface area contributed by atoms with Crippen LogP contribution in [0, 0.1) is 0 Å². The van der Waals surface area contributed by atoms with Crippen molar-refractivity contribution in [3.63, 3.8) is 0 Å². The van der Waals surface area contributed by atoms with Crippen molar-refractivity contribution in [1.82, 2.24) is 5.32 Å². The van der Waals surface area contributed by atoms with E-state index in [9.17, 15) is 14.4 Å². The molecule has 22 heavy (non-hydrogen) atoms. The lowest BCUT2D eigenvalue weighted by atomic mass is 10.2. The van der Waals surface area contributed by atoms with E-state index in [4.69, 9.17) is 15.2 Å². The van der Waals surface area contributed by atoms with E-state index in [-0.39, 0.29) is 19.6 Å². The van der Waals surface area contributed by atoms with Gasteiger partial charge < -0.3 is 20.5 Å². The van der Waals surface area contributed by atoms with E-state index in [2.05, 4.69) is 11.9 Å². The Bertz CT molecular complexity index is 530. The molecule has 7 heteroatoms. The zero-order valence-corrected chi connectivity index (χ0v) is 12.0. The van der Waals surface area contributed by atoms with Gasteiger partial charge >= 0.3 is 12.1 Å². The number of hydrogen-bond donors (Lipinski definition) is 2. The summed E-state index contributed by atoms with van der Waals surface area (Å²) in [6.07, 6.45) is 0.147. The number of primary amides is 1. The number of esters is 1. The van der Waals surface area contributed by atoms with E-state index in [1.54, 1.807) is 24.3 Å². The first kappa shape index (κ1) is 17.2. The molecular formula is C15H18N2O5. The number of benzene rings is 1. The van der Waals surface area contributed by atoms with Crippen LogP contribution in [0.1, 0.15) is 12.0 Å². The molecule has 1 atom stereocenters. The molecule has 1 aromatic rings. The maximum absolute atomic E-state index is 11.7. The largest absolute Gasteiger partial charge is 0.460 e. The van der Waals surface area contributed by atoms with Gasteiger partial charge in [-0.3, -0.25) is 4.79 Å². The second kappa shape index (κ2) is 9.17. The van der Waals surface area contributed by atoms with Crippen LogP contribution in [-0.2, 0) is 25.7 Å². The minimum Gasteiger partial charge on any atom is -0.460 e. The molecule has 0 saturated heterocycles. The Morgan fingerprint density at radius 1 is 1.23 bits per heavy atom. The number of hydrogen-bond acceptors (Lipinski definition) is 5. The van der Waals surface area contributed by atoms with Gasteiger partial charge in [0.2, 0.25) is 5.91 Å². The fourth-order valence-corrected chi connectivity index (χ4v) is 1.54. The van der Waals surface area contributed by atoms with Crippen molar-refractivity contribution in [2.75, 3.05) is 6.61 Å². The first-order valence-electron chi connectivity index (χ1n) is 6.56. The summed E-state index contributed by atoms with van der Waals surface area (Å²) in [7, 11) is 0. The smallest absolute Gasteiger partial charge is 0.408 e. The van der Waals surface area contributed by atoms with Crippen LogP contribution >= 0.6 is 0 Å². The molecule has 7 nitrogen and oxygen atoms in total. The Morgan fingerprint density at radius 2 is 1.91 bits per heavy atom. The molecular weight excluding hydrogens is 288 g/mol. The summed E-state index contributed by atoms with van der Waals surface area (Å²) in [5.41, 5.74) is 5.83. The topological polar surface area (TPSA) is 108 Å². The summed E-state index contributed by atoms with van der Waals surface area (Å²) >= 11 is 0. The average molecular weight is 306 g/mol. The minimum absolute atomic E-state index is 0.0329. The van der Waals surface area contributed by atoms with Gasteiger partial charge in [0.15, 0.2) is 0 Å². The number of nitrogens with two attached hydrogens (primary N) is 1. The maximum atomic E-state index is 11.7. The molecule has 0 unspecified atom stereocenters. The van der Waals surface area contributed by atoms with Crippen molar-refractivity contribution in [3.05, 3.63) is 48.6 Å². The number of carbonyl (C=O) groups is 3. The van der Waals surface area contributed by atoms with E-state index in [0.717, 1.165) is 5.56 Å². The molecule has 0 aliphatic rings. The lowest BCUT2D eigenvalue weighted by Crippen LogP contribution is -2.44. The number of carbonyl (C=O) groups excluding carboxylic acids is 3. The summed E-state index contributed by atoms with van der Waals surface area (Å²) in [4.78, 5) is 34.3. The molecule has 0 radical (unpaired) electrons. The van der Waals surface area contributed by atoms with Crippen molar-refractivity contribution < 1.29 is 23.9 Å². The first-order valence-corrected chi connectivity index (χ1v) is 6.56. The zero-order chi connectivity index (χ0) is 16.4. The molecule has 1 aromatic carbocycles. The highest BCUT2D eigenvalue weighted by molar-refractivity contribution is 5.87. The van der Waals surface area contributed by atoms with Gasteiger partial charge in [-0.25, -0.2) is 9.59 Å². The van der Waals surface area contributed by atoms with Gasteiger partial charge in [0.25, 0.3) is 0 Å². The zero-order valence-electron chi connectivity index (χ0n) is 12.0. The molecule has 0 fully saturated rings. The van der Waals surface area contributed by atoms with Crippen molar-refractivity contribution in [2.45, 2.75) is 19.1 Å². The number of nitrogens with one attached hydrogen (secondary N) is 1. The van der Waals surface area contributed by atoms with Gasteiger partial charge in [-0.05, 0) is 5.56 Å². The van der Waals surface area contributed by atoms with Gasteiger partial charge in [-0.1, -0.05) is 43.0 Å². The second-order valence-corrected chi connectivity index (χ2v) is 4.35. The minimum atomic E-state index is -1.19. The SMILES string of the molecule is C=CCOC(=O)[C@H](CC(N)=O)NC(=O)OCc1ccccc1. The van der Waals surface area contributed by atoms with Crippen LogP contribution in [0.15, 0.2) is 43.0 Å². The summed E-state index contributed by atoms with van der Waals surface area (Å²) in [6, 6.07) is 7.82. The number of alkyl carbamates (subject to hydrolysis) is 1. The highest BCUT2D eigenvalue weighted by Gasteiger charge is 2.24. The van der Waals surface area contributed by atoms with E-state index >= 15 is 0 Å². The summed E-state index contributed by atoms with van der Waals surface area (Å²) in [5, 5.41) is 2.26. The molecule has 0 aliphatic carbocycles. The molecule has 0 bridgehead atoms. The summed E-state index contributed by atoms with van der Waals surface area (Å²) in [5.74, 6) is -1.53. The van der Waals surface area contributed by atoms with Crippen LogP contribution in [0.25, 0.3) is 0 Å². The Morgan fingerprint density at radius 3 is 2.50 bits per heavy atom. The fourth-order valence-electron chi connectivity index (χ4n) is 1.54. The molecule has 0 aromatic heterocycles. The van der Waals surface area contributed by atoms with Gasteiger partial charge in [0, 0.05) is 0 Å². The second-order valence-electron chi connectivity index (χ2n) is 4.35. The molecule has 0 saturated carbocycles. The predicted molar refractivity (Wildman–Crippen MR) is 78.5 cm³/mol. The van der Waals surface area contributed by atoms with Crippen LogP contribution in [0.2, 0.25) is 0 Å². The van der Waals surface area contributed by atoms with Crippen molar-refractivity contribution >= 4 is 18.0 Å². The average Bonchev–Trinajstić information content (AvgIpc) is 2.50. The lowest BCUT2D eigenvalue weighted by molar-refractivity contribution is -0.146. The van der Waals surface area contributed by atoms with Crippen molar-refractivity contribution in [2.24, 2.45) is 5.73 Å².